The lowest BCUT2D eigenvalue weighted by molar-refractivity contribution is -0.113. The number of rotatable bonds is 3. The van der Waals surface area contributed by atoms with Crippen LogP contribution in [-0.4, -0.2) is 36.8 Å². The van der Waals surface area contributed by atoms with Crippen LogP contribution in [0.4, 0.5) is 0 Å². The van der Waals surface area contributed by atoms with Crippen LogP contribution < -0.4 is 5.32 Å². The topological polar surface area (TPSA) is 21.3 Å². The van der Waals surface area contributed by atoms with Crippen LogP contribution in [0.5, 0.6) is 0 Å². The van der Waals surface area contributed by atoms with E-state index in [2.05, 4.69) is 30.9 Å². The molecule has 0 aromatic carbocycles. The van der Waals surface area contributed by atoms with E-state index in [4.69, 9.17) is 4.74 Å². The molecule has 16 heavy (non-hydrogen) atoms. The summed E-state index contributed by atoms with van der Waals surface area (Å²) in [4.78, 5) is 0. The molecule has 92 valence electrons. The van der Waals surface area contributed by atoms with Crippen molar-refractivity contribution >= 4 is 11.8 Å². The summed E-state index contributed by atoms with van der Waals surface area (Å²) in [6.45, 7) is 6.93. The summed E-state index contributed by atoms with van der Waals surface area (Å²) in [5.41, 5.74) is 0.354. The van der Waals surface area contributed by atoms with Crippen molar-refractivity contribution in [1.29, 1.82) is 0 Å². The number of hydrogen-bond donors (Lipinski definition) is 1. The minimum absolute atomic E-state index is 0.354. The Morgan fingerprint density at radius 2 is 2.25 bits per heavy atom. The highest BCUT2D eigenvalue weighted by atomic mass is 32.2. The second-order valence-electron chi connectivity index (χ2n) is 6.18. The zero-order chi connectivity index (χ0) is 11.2. The van der Waals surface area contributed by atoms with Gasteiger partial charge in [-0.25, -0.2) is 0 Å². The second kappa shape index (κ2) is 4.18. The SMILES string of the molecule is CC1(C)C(NCC2CCSC2)C2CCOC21. The van der Waals surface area contributed by atoms with Gasteiger partial charge in [0.1, 0.15) is 0 Å². The van der Waals surface area contributed by atoms with Crippen molar-refractivity contribution in [3.8, 4) is 0 Å². The maximum Gasteiger partial charge on any atom is 0.0685 e. The van der Waals surface area contributed by atoms with Crippen molar-refractivity contribution in [2.45, 2.75) is 38.8 Å². The first-order chi connectivity index (χ1) is 7.69. The molecule has 2 aliphatic heterocycles. The lowest BCUT2D eigenvalue weighted by Crippen LogP contribution is -2.66. The fourth-order valence-corrected chi connectivity index (χ4v) is 5.06. The van der Waals surface area contributed by atoms with Crippen LogP contribution in [0.2, 0.25) is 0 Å². The Hall–Kier alpha value is 0.270. The van der Waals surface area contributed by atoms with Gasteiger partial charge in [-0.1, -0.05) is 13.8 Å². The maximum absolute atomic E-state index is 5.83. The van der Waals surface area contributed by atoms with E-state index in [0.29, 0.717) is 17.6 Å². The van der Waals surface area contributed by atoms with Crippen LogP contribution in [0.3, 0.4) is 0 Å². The van der Waals surface area contributed by atoms with E-state index >= 15 is 0 Å². The van der Waals surface area contributed by atoms with E-state index in [1.54, 1.807) is 0 Å². The largest absolute Gasteiger partial charge is 0.377 e. The Bertz CT molecular complexity index is 263. The van der Waals surface area contributed by atoms with Gasteiger partial charge in [-0.3, -0.25) is 0 Å². The summed E-state index contributed by atoms with van der Waals surface area (Å²) < 4.78 is 5.83. The fraction of sp³-hybridized carbons (Fsp3) is 1.00. The molecular weight excluding hydrogens is 218 g/mol. The molecule has 2 heterocycles. The van der Waals surface area contributed by atoms with E-state index in [9.17, 15) is 0 Å². The maximum atomic E-state index is 5.83. The summed E-state index contributed by atoms with van der Waals surface area (Å²) in [5.74, 6) is 4.45. The highest BCUT2D eigenvalue weighted by molar-refractivity contribution is 7.99. The predicted molar refractivity (Wildman–Crippen MR) is 68.9 cm³/mol. The van der Waals surface area contributed by atoms with Crippen molar-refractivity contribution in [1.82, 2.24) is 5.32 Å². The molecule has 0 amide bonds. The number of ether oxygens (including phenoxy) is 1. The van der Waals surface area contributed by atoms with Gasteiger partial charge in [0.25, 0.3) is 0 Å². The fourth-order valence-electron chi connectivity index (χ4n) is 3.78. The standard InChI is InChI=1S/C13H23NOS/c1-13(2)11(10-3-5-15-12(10)13)14-7-9-4-6-16-8-9/h9-12,14H,3-8H2,1-2H3. The molecule has 1 N–H and O–H groups in total. The van der Waals surface area contributed by atoms with Gasteiger partial charge in [0.2, 0.25) is 0 Å². The van der Waals surface area contributed by atoms with Gasteiger partial charge in [0.05, 0.1) is 6.10 Å². The van der Waals surface area contributed by atoms with Crippen LogP contribution in [0.25, 0.3) is 0 Å². The molecule has 2 nitrogen and oxygen atoms in total. The smallest absolute Gasteiger partial charge is 0.0685 e. The first kappa shape index (κ1) is 11.4. The molecule has 2 saturated heterocycles. The van der Waals surface area contributed by atoms with Crippen molar-refractivity contribution < 1.29 is 4.74 Å². The normalized spacial score (nSPS) is 45.4. The van der Waals surface area contributed by atoms with Gasteiger partial charge in [-0.15, -0.1) is 0 Å². The quantitative estimate of drug-likeness (QED) is 0.818. The molecular formula is C13H23NOS. The van der Waals surface area contributed by atoms with Crippen LogP contribution in [0, 0.1) is 17.3 Å². The minimum Gasteiger partial charge on any atom is -0.377 e. The molecule has 3 aliphatic rings. The molecule has 3 rings (SSSR count). The summed E-state index contributed by atoms with van der Waals surface area (Å²) >= 11 is 2.11. The lowest BCUT2D eigenvalue weighted by atomic mass is 9.57. The molecule has 1 aliphatic carbocycles. The number of nitrogens with one attached hydrogen (secondary N) is 1. The first-order valence-electron chi connectivity index (χ1n) is 6.62. The molecule has 0 aromatic rings. The van der Waals surface area contributed by atoms with Gasteiger partial charge in [0, 0.05) is 24.0 Å². The first-order valence-corrected chi connectivity index (χ1v) is 7.78. The van der Waals surface area contributed by atoms with Crippen LogP contribution >= 0.6 is 11.8 Å². The van der Waals surface area contributed by atoms with Crippen molar-refractivity contribution in [3.63, 3.8) is 0 Å². The van der Waals surface area contributed by atoms with Crippen LogP contribution in [0.1, 0.15) is 26.7 Å². The third-order valence-corrected chi connectivity index (χ3v) is 5.98. The summed E-state index contributed by atoms with van der Waals surface area (Å²) in [6.07, 6.45) is 3.21. The van der Waals surface area contributed by atoms with Gasteiger partial charge in [-0.2, -0.15) is 11.8 Å². The zero-order valence-electron chi connectivity index (χ0n) is 10.4. The third-order valence-electron chi connectivity index (χ3n) is 4.75. The van der Waals surface area contributed by atoms with Gasteiger partial charge < -0.3 is 10.1 Å². The highest BCUT2D eigenvalue weighted by Crippen LogP contribution is 2.52. The second-order valence-corrected chi connectivity index (χ2v) is 7.33. The average molecular weight is 241 g/mol. The molecule has 4 unspecified atom stereocenters. The number of thioether (sulfide) groups is 1. The van der Waals surface area contributed by atoms with E-state index in [0.717, 1.165) is 18.4 Å². The monoisotopic (exact) mass is 241 g/mol. The van der Waals surface area contributed by atoms with E-state index in [1.807, 2.05) is 0 Å². The third kappa shape index (κ3) is 1.72. The van der Waals surface area contributed by atoms with Gasteiger partial charge >= 0.3 is 0 Å². The summed E-state index contributed by atoms with van der Waals surface area (Å²) in [7, 11) is 0. The molecule has 0 radical (unpaired) electrons. The van der Waals surface area contributed by atoms with E-state index in [1.165, 1.54) is 30.9 Å². The Kier molecular flexibility index (Phi) is 2.97. The molecule has 3 heteroatoms. The van der Waals surface area contributed by atoms with Gasteiger partial charge in [-0.05, 0) is 36.8 Å². The number of fused-ring (bicyclic) bond motifs is 1. The molecule has 0 bridgehead atoms. The minimum atomic E-state index is 0.354. The van der Waals surface area contributed by atoms with Crippen LogP contribution in [0.15, 0.2) is 0 Å². The average Bonchev–Trinajstić information content (AvgIpc) is 2.86. The molecule has 1 saturated carbocycles. The van der Waals surface area contributed by atoms with Crippen molar-refractivity contribution in [3.05, 3.63) is 0 Å². The molecule has 4 atom stereocenters. The Labute approximate surface area is 103 Å². The molecule has 0 aromatic heterocycles. The predicted octanol–water partition coefficient (Wildman–Crippen LogP) is 2.14. The highest BCUT2D eigenvalue weighted by Gasteiger charge is 2.58. The van der Waals surface area contributed by atoms with Gasteiger partial charge in [0.15, 0.2) is 0 Å². The van der Waals surface area contributed by atoms with E-state index < -0.39 is 0 Å². The lowest BCUT2D eigenvalue weighted by Gasteiger charge is -2.55. The molecule has 0 spiro atoms. The number of hydrogen-bond acceptors (Lipinski definition) is 3. The Morgan fingerprint density at radius 1 is 1.38 bits per heavy atom. The van der Waals surface area contributed by atoms with Crippen molar-refractivity contribution in [2.24, 2.45) is 17.3 Å². The van der Waals surface area contributed by atoms with Crippen LogP contribution in [-0.2, 0) is 4.74 Å². The summed E-state index contributed by atoms with van der Waals surface area (Å²) in [5, 5.41) is 3.83. The Morgan fingerprint density at radius 3 is 3.00 bits per heavy atom. The molecule has 3 fully saturated rings. The van der Waals surface area contributed by atoms with Crippen molar-refractivity contribution in [2.75, 3.05) is 24.7 Å². The summed E-state index contributed by atoms with van der Waals surface area (Å²) in [6, 6.07) is 0.700. The zero-order valence-corrected chi connectivity index (χ0v) is 11.2. The van der Waals surface area contributed by atoms with E-state index in [-0.39, 0.29) is 0 Å². The Balaban J connectivity index is 1.54.